The average molecular weight is 186 g/mol. The molecule has 1 unspecified atom stereocenters. The minimum atomic E-state index is -0.372. The molecule has 4 nitrogen and oxygen atoms in total. The lowest BCUT2D eigenvalue weighted by Gasteiger charge is -2.10. The Kier molecular flexibility index (Phi) is 5.93. The lowest BCUT2D eigenvalue weighted by Crippen LogP contribution is -2.25. The predicted octanol–water partition coefficient (Wildman–Crippen LogP) is 0.544. The van der Waals surface area contributed by atoms with E-state index in [1.54, 1.807) is 0 Å². The monoisotopic (exact) mass is 186 g/mol. The summed E-state index contributed by atoms with van der Waals surface area (Å²) in [6.45, 7) is 2.05. The first-order valence-corrected chi connectivity index (χ1v) is 4.65. The van der Waals surface area contributed by atoms with Gasteiger partial charge >= 0.3 is 0 Å². The number of amides is 2. The summed E-state index contributed by atoms with van der Waals surface area (Å²) >= 11 is 0. The van der Waals surface area contributed by atoms with Crippen molar-refractivity contribution >= 4 is 11.8 Å². The molecule has 0 bridgehead atoms. The molecule has 0 aliphatic heterocycles. The average Bonchev–Trinajstić information content (AvgIpc) is 2.03. The number of primary amides is 2. The van der Waals surface area contributed by atoms with E-state index in [0.717, 1.165) is 19.3 Å². The van der Waals surface area contributed by atoms with Crippen molar-refractivity contribution in [2.45, 2.75) is 39.0 Å². The number of carbonyl (C=O) groups excluding carboxylic acids is 2. The molecule has 4 N–H and O–H groups in total. The SMILES string of the molecule is CCCCC(CCC(N)=O)C(N)=O. The van der Waals surface area contributed by atoms with Crippen LogP contribution in [0, 0.1) is 5.92 Å². The van der Waals surface area contributed by atoms with Crippen molar-refractivity contribution in [3.8, 4) is 0 Å². The number of hydrogen-bond acceptors (Lipinski definition) is 2. The third-order valence-corrected chi connectivity index (χ3v) is 2.05. The van der Waals surface area contributed by atoms with Crippen LogP contribution >= 0.6 is 0 Å². The van der Waals surface area contributed by atoms with Crippen LogP contribution in [0.2, 0.25) is 0 Å². The highest BCUT2D eigenvalue weighted by Gasteiger charge is 2.14. The second kappa shape index (κ2) is 6.46. The van der Waals surface area contributed by atoms with Crippen molar-refractivity contribution in [2.24, 2.45) is 17.4 Å². The summed E-state index contributed by atoms with van der Waals surface area (Å²) in [5.41, 5.74) is 10.2. The van der Waals surface area contributed by atoms with Gasteiger partial charge in [0, 0.05) is 12.3 Å². The van der Waals surface area contributed by atoms with Crippen LogP contribution in [-0.2, 0) is 9.59 Å². The highest BCUT2D eigenvalue weighted by atomic mass is 16.1. The Morgan fingerprint density at radius 1 is 1.23 bits per heavy atom. The summed E-state index contributed by atoms with van der Waals surface area (Å²) in [4.78, 5) is 21.4. The fourth-order valence-corrected chi connectivity index (χ4v) is 1.20. The van der Waals surface area contributed by atoms with E-state index in [9.17, 15) is 9.59 Å². The Morgan fingerprint density at radius 3 is 2.23 bits per heavy atom. The van der Waals surface area contributed by atoms with Crippen LogP contribution in [-0.4, -0.2) is 11.8 Å². The molecular weight excluding hydrogens is 168 g/mol. The zero-order valence-corrected chi connectivity index (χ0v) is 8.08. The minimum absolute atomic E-state index is 0.188. The second-order valence-electron chi connectivity index (χ2n) is 3.25. The third kappa shape index (κ3) is 6.13. The molecule has 0 aliphatic rings. The summed E-state index contributed by atoms with van der Waals surface area (Å²) in [6, 6.07) is 0. The van der Waals surface area contributed by atoms with E-state index >= 15 is 0 Å². The molecule has 0 radical (unpaired) electrons. The quantitative estimate of drug-likeness (QED) is 0.608. The van der Waals surface area contributed by atoms with Crippen LogP contribution in [0.25, 0.3) is 0 Å². The molecule has 0 saturated carbocycles. The van der Waals surface area contributed by atoms with Gasteiger partial charge in [-0.05, 0) is 12.8 Å². The molecular formula is C9H18N2O2. The van der Waals surface area contributed by atoms with Gasteiger partial charge in [-0.25, -0.2) is 0 Å². The normalized spacial score (nSPS) is 12.4. The van der Waals surface area contributed by atoms with E-state index in [0.29, 0.717) is 6.42 Å². The topological polar surface area (TPSA) is 86.2 Å². The Labute approximate surface area is 78.7 Å². The maximum atomic E-state index is 10.9. The Bertz CT molecular complexity index is 180. The van der Waals surface area contributed by atoms with Gasteiger partial charge in [-0.15, -0.1) is 0 Å². The summed E-state index contributed by atoms with van der Waals surface area (Å²) in [5.74, 6) is -0.884. The summed E-state index contributed by atoms with van der Waals surface area (Å²) in [5, 5.41) is 0. The van der Waals surface area contributed by atoms with Gasteiger partial charge in [0.15, 0.2) is 0 Å². The van der Waals surface area contributed by atoms with Crippen molar-refractivity contribution in [1.82, 2.24) is 0 Å². The summed E-state index contributed by atoms with van der Waals surface area (Å²) in [7, 11) is 0. The maximum absolute atomic E-state index is 10.9. The van der Waals surface area contributed by atoms with E-state index in [1.165, 1.54) is 0 Å². The third-order valence-electron chi connectivity index (χ3n) is 2.05. The molecule has 76 valence electrons. The predicted molar refractivity (Wildman–Crippen MR) is 50.6 cm³/mol. The molecule has 2 amide bonds. The molecule has 0 saturated heterocycles. The molecule has 0 rings (SSSR count). The second-order valence-corrected chi connectivity index (χ2v) is 3.25. The molecule has 0 aromatic carbocycles. The summed E-state index contributed by atoms with van der Waals surface area (Å²) < 4.78 is 0. The van der Waals surface area contributed by atoms with Gasteiger partial charge in [0.2, 0.25) is 11.8 Å². The Hall–Kier alpha value is -1.06. The van der Waals surface area contributed by atoms with E-state index in [4.69, 9.17) is 11.5 Å². The van der Waals surface area contributed by atoms with Crippen LogP contribution < -0.4 is 11.5 Å². The van der Waals surface area contributed by atoms with Crippen LogP contribution in [0.15, 0.2) is 0 Å². The molecule has 0 fully saturated rings. The maximum Gasteiger partial charge on any atom is 0.220 e. The van der Waals surface area contributed by atoms with Gasteiger partial charge in [0.1, 0.15) is 0 Å². The highest BCUT2D eigenvalue weighted by molar-refractivity contribution is 5.78. The van der Waals surface area contributed by atoms with Crippen molar-refractivity contribution in [2.75, 3.05) is 0 Å². The number of hydrogen-bond donors (Lipinski definition) is 2. The number of carbonyl (C=O) groups is 2. The molecule has 0 aromatic rings. The van der Waals surface area contributed by atoms with Gasteiger partial charge in [0.05, 0.1) is 0 Å². The fraction of sp³-hybridized carbons (Fsp3) is 0.778. The van der Waals surface area contributed by atoms with Gasteiger partial charge in [-0.1, -0.05) is 19.8 Å². The lowest BCUT2D eigenvalue weighted by atomic mass is 9.96. The van der Waals surface area contributed by atoms with Gasteiger partial charge in [-0.3, -0.25) is 9.59 Å². The van der Waals surface area contributed by atoms with E-state index < -0.39 is 0 Å². The van der Waals surface area contributed by atoms with Crippen molar-refractivity contribution in [3.05, 3.63) is 0 Å². The standard InChI is InChI=1S/C9H18N2O2/c1-2-3-4-7(9(11)13)5-6-8(10)12/h7H,2-6H2,1H3,(H2,10,12)(H2,11,13). The zero-order valence-electron chi connectivity index (χ0n) is 8.08. The smallest absolute Gasteiger partial charge is 0.220 e. The molecule has 0 aliphatic carbocycles. The van der Waals surface area contributed by atoms with Gasteiger partial charge in [-0.2, -0.15) is 0 Å². The molecule has 0 spiro atoms. The molecule has 4 heteroatoms. The van der Waals surface area contributed by atoms with E-state index in [1.807, 2.05) is 6.92 Å². The molecule has 0 aromatic heterocycles. The zero-order chi connectivity index (χ0) is 10.3. The van der Waals surface area contributed by atoms with Crippen LogP contribution in [0.4, 0.5) is 0 Å². The minimum Gasteiger partial charge on any atom is -0.370 e. The van der Waals surface area contributed by atoms with E-state index in [2.05, 4.69) is 0 Å². The van der Waals surface area contributed by atoms with Crippen molar-refractivity contribution in [1.29, 1.82) is 0 Å². The number of unbranched alkanes of at least 4 members (excludes halogenated alkanes) is 1. The molecule has 13 heavy (non-hydrogen) atoms. The van der Waals surface area contributed by atoms with Crippen LogP contribution in [0.1, 0.15) is 39.0 Å². The van der Waals surface area contributed by atoms with Crippen LogP contribution in [0.5, 0.6) is 0 Å². The first kappa shape index (κ1) is 11.9. The lowest BCUT2D eigenvalue weighted by molar-refractivity contribution is -0.122. The fourth-order valence-electron chi connectivity index (χ4n) is 1.20. The van der Waals surface area contributed by atoms with Gasteiger partial charge < -0.3 is 11.5 Å². The Morgan fingerprint density at radius 2 is 1.85 bits per heavy atom. The number of rotatable bonds is 7. The highest BCUT2D eigenvalue weighted by Crippen LogP contribution is 2.13. The van der Waals surface area contributed by atoms with Gasteiger partial charge in [0.25, 0.3) is 0 Å². The molecule has 0 heterocycles. The number of nitrogens with two attached hydrogens (primary N) is 2. The first-order chi connectivity index (χ1) is 6.07. The Balaban J connectivity index is 3.80. The van der Waals surface area contributed by atoms with Crippen molar-refractivity contribution < 1.29 is 9.59 Å². The van der Waals surface area contributed by atoms with E-state index in [-0.39, 0.29) is 24.2 Å². The molecule has 1 atom stereocenters. The van der Waals surface area contributed by atoms with Crippen molar-refractivity contribution in [3.63, 3.8) is 0 Å². The summed E-state index contributed by atoms with van der Waals surface area (Å²) in [6.07, 6.45) is 3.49. The van der Waals surface area contributed by atoms with Crippen LogP contribution in [0.3, 0.4) is 0 Å². The largest absolute Gasteiger partial charge is 0.370 e. The first-order valence-electron chi connectivity index (χ1n) is 4.65.